The van der Waals surface area contributed by atoms with Gasteiger partial charge >= 0.3 is 5.97 Å². The van der Waals surface area contributed by atoms with E-state index in [9.17, 15) is 4.79 Å². The van der Waals surface area contributed by atoms with E-state index in [0.717, 1.165) is 34.7 Å². The van der Waals surface area contributed by atoms with E-state index in [1.165, 1.54) is 5.56 Å². The van der Waals surface area contributed by atoms with Crippen LogP contribution < -0.4 is 4.74 Å². The number of carboxylic acids is 1. The molecule has 1 aliphatic heterocycles. The third kappa shape index (κ3) is 4.50. The van der Waals surface area contributed by atoms with Crippen molar-refractivity contribution in [1.82, 2.24) is 0 Å². The number of ether oxygens (including phenoxy) is 2. The summed E-state index contributed by atoms with van der Waals surface area (Å²) in [5, 5.41) is 9.15. The molecule has 0 aromatic heterocycles. The van der Waals surface area contributed by atoms with Crippen molar-refractivity contribution in [3.63, 3.8) is 0 Å². The first kappa shape index (κ1) is 19.2. The summed E-state index contributed by atoms with van der Waals surface area (Å²) in [5.41, 5.74) is 5.21. The molecule has 0 amide bonds. The Morgan fingerprint density at radius 2 is 2.07 bits per heavy atom. The number of aliphatic carboxylic acids is 1. The molecule has 1 heterocycles. The SMILES string of the molecule is CC1Cc2cc(OCCC3=COCC(c4ccccc4)=N3)ccc2C1CC(=O)O. The number of benzene rings is 2. The standard InChI is InChI=1S/C24H25NO4/c1-16-11-18-12-20(7-8-21(18)22(16)13-24(26)27)29-10-9-19-14-28-15-23(25-19)17-5-3-2-4-6-17/h2-8,12,14,16,22H,9-11,13,15H2,1H3,(H,26,27). The Balaban J connectivity index is 1.36. The topological polar surface area (TPSA) is 68.1 Å². The van der Waals surface area contributed by atoms with Crippen LogP contribution in [0.2, 0.25) is 0 Å². The highest BCUT2D eigenvalue weighted by Gasteiger charge is 2.31. The lowest BCUT2D eigenvalue weighted by atomic mass is 9.91. The highest BCUT2D eigenvalue weighted by molar-refractivity contribution is 6.02. The predicted octanol–water partition coefficient (Wildman–Crippen LogP) is 4.57. The van der Waals surface area contributed by atoms with E-state index in [0.29, 0.717) is 25.6 Å². The maximum absolute atomic E-state index is 11.1. The van der Waals surface area contributed by atoms with Gasteiger partial charge in [-0.15, -0.1) is 0 Å². The Labute approximate surface area is 170 Å². The van der Waals surface area contributed by atoms with Crippen molar-refractivity contribution in [3.8, 4) is 5.75 Å². The molecule has 2 aromatic carbocycles. The molecular weight excluding hydrogens is 366 g/mol. The second kappa shape index (κ2) is 8.52. The van der Waals surface area contributed by atoms with Crippen LogP contribution in [0.4, 0.5) is 0 Å². The van der Waals surface area contributed by atoms with Crippen LogP contribution in [-0.2, 0) is 16.0 Å². The van der Waals surface area contributed by atoms with Gasteiger partial charge in [0, 0.05) is 6.42 Å². The van der Waals surface area contributed by atoms with Crippen molar-refractivity contribution in [1.29, 1.82) is 0 Å². The molecule has 0 spiro atoms. The maximum Gasteiger partial charge on any atom is 0.303 e. The van der Waals surface area contributed by atoms with Gasteiger partial charge in [0.15, 0.2) is 0 Å². The largest absolute Gasteiger partial charge is 0.493 e. The molecule has 0 fully saturated rings. The van der Waals surface area contributed by atoms with E-state index < -0.39 is 5.97 Å². The highest BCUT2D eigenvalue weighted by atomic mass is 16.5. The molecule has 5 heteroatoms. The second-order valence-corrected chi connectivity index (χ2v) is 7.69. The first-order chi connectivity index (χ1) is 14.1. The van der Waals surface area contributed by atoms with E-state index in [4.69, 9.17) is 19.6 Å². The third-order valence-electron chi connectivity index (χ3n) is 5.59. The zero-order chi connectivity index (χ0) is 20.2. The molecule has 1 aliphatic carbocycles. The summed E-state index contributed by atoms with van der Waals surface area (Å²) in [7, 11) is 0. The fourth-order valence-electron chi connectivity index (χ4n) is 4.12. The molecule has 4 rings (SSSR count). The van der Waals surface area contributed by atoms with Crippen LogP contribution in [-0.4, -0.2) is 30.0 Å². The Morgan fingerprint density at radius 3 is 2.86 bits per heavy atom. The lowest BCUT2D eigenvalue weighted by Crippen LogP contribution is -2.13. The number of nitrogens with zero attached hydrogens (tertiary/aromatic N) is 1. The summed E-state index contributed by atoms with van der Waals surface area (Å²) in [4.78, 5) is 15.8. The number of carboxylic acid groups (broad SMARTS) is 1. The number of hydrogen-bond acceptors (Lipinski definition) is 4. The van der Waals surface area contributed by atoms with Gasteiger partial charge in [0.05, 0.1) is 24.4 Å². The quantitative estimate of drug-likeness (QED) is 0.751. The minimum atomic E-state index is -0.742. The van der Waals surface area contributed by atoms with Gasteiger partial charge in [0.2, 0.25) is 0 Å². The second-order valence-electron chi connectivity index (χ2n) is 7.69. The molecule has 29 heavy (non-hydrogen) atoms. The molecule has 2 unspecified atom stereocenters. The fourth-order valence-corrected chi connectivity index (χ4v) is 4.12. The van der Waals surface area contributed by atoms with Crippen molar-refractivity contribution in [2.45, 2.75) is 32.1 Å². The Hall–Kier alpha value is -3.08. The van der Waals surface area contributed by atoms with E-state index in [-0.39, 0.29) is 12.3 Å². The molecule has 150 valence electrons. The number of fused-ring (bicyclic) bond motifs is 1. The molecule has 2 aliphatic rings. The molecule has 0 saturated carbocycles. The normalized spacial score (nSPS) is 20.3. The van der Waals surface area contributed by atoms with Gasteiger partial charge in [0.1, 0.15) is 18.6 Å². The van der Waals surface area contributed by atoms with Gasteiger partial charge in [-0.2, -0.15) is 0 Å². The number of aliphatic imine (C=N–C) groups is 1. The Bertz CT molecular complexity index is 949. The minimum Gasteiger partial charge on any atom is -0.493 e. The molecule has 2 aromatic rings. The van der Waals surface area contributed by atoms with Crippen LogP contribution in [0.3, 0.4) is 0 Å². The monoisotopic (exact) mass is 391 g/mol. The third-order valence-corrected chi connectivity index (χ3v) is 5.59. The van der Waals surface area contributed by atoms with Gasteiger partial charge in [-0.1, -0.05) is 43.3 Å². The Morgan fingerprint density at radius 1 is 1.24 bits per heavy atom. The molecular formula is C24H25NO4. The van der Waals surface area contributed by atoms with Crippen LogP contribution in [0.1, 0.15) is 42.4 Å². The highest BCUT2D eigenvalue weighted by Crippen LogP contribution is 2.41. The van der Waals surface area contributed by atoms with Crippen LogP contribution in [0.15, 0.2) is 65.5 Å². The van der Waals surface area contributed by atoms with E-state index in [1.807, 2.05) is 42.5 Å². The van der Waals surface area contributed by atoms with Crippen LogP contribution in [0.5, 0.6) is 5.75 Å². The zero-order valence-electron chi connectivity index (χ0n) is 16.5. The van der Waals surface area contributed by atoms with Crippen molar-refractivity contribution < 1.29 is 19.4 Å². The average molecular weight is 391 g/mol. The summed E-state index contributed by atoms with van der Waals surface area (Å²) in [5.74, 6) is 0.503. The fraction of sp³-hybridized carbons (Fsp3) is 0.333. The average Bonchev–Trinajstić information content (AvgIpc) is 3.03. The van der Waals surface area contributed by atoms with E-state index >= 15 is 0 Å². The summed E-state index contributed by atoms with van der Waals surface area (Å²) < 4.78 is 11.5. The number of hydrogen-bond donors (Lipinski definition) is 1. The molecule has 1 N–H and O–H groups in total. The summed E-state index contributed by atoms with van der Waals surface area (Å²) in [6.45, 7) is 3.11. The minimum absolute atomic E-state index is 0.0897. The summed E-state index contributed by atoms with van der Waals surface area (Å²) in [6, 6.07) is 16.1. The van der Waals surface area contributed by atoms with Crippen LogP contribution in [0.25, 0.3) is 0 Å². The number of rotatable bonds is 7. The molecule has 5 nitrogen and oxygen atoms in total. The lowest BCUT2D eigenvalue weighted by molar-refractivity contribution is -0.137. The van der Waals surface area contributed by atoms with Gasteiger partial charge in [0.25, 0.3) is 0 Å². The molecule has 0 radical (unpaired) electrons. The van der Waals surface area contributed by atoms with Crippen LogP contribution >= 0.6 is 0 Å². The molecule has 2 atom stereocenters. The van der Waals surface area contributed by atoms with Crippen LogP contribution in [0, 0.1) is 5.92 Å². The van der Waals surface area contributed by atoms with E-state index in [2.05, 4.69) is 13.0 Å². The van der Waals surface area contributed by atoms with Gasteiger partial charge in [-0.25, -0.2) is 0 Å². The predicted molar refractivity (Wildman–Crippen MR) is 111 cm³/mol. The molecule has 0 saturated heterocycles. The Kier molecular flexibility index (Phi) is 5.65. The summed E-state index contributed by atoms with van der Waals surface area (Å²) >= 11 is 0. The van der Waals surface area contributed by atoms with Gasteiger partial charge in [-0.05, 0) is 47.1 Å². The smallest absolute Gasteiger partial charge is 0.303 e. The molecule has 0 bridgehead atoms. The van der Waals surface area contributed by atoms with E-state index in [1.54, 1.807) is 6.26 Å². The van der Waals surface area contributed by atoms with Crippen molar-refractivity contribution in [2.24, 2.45) is 10.9 Å². The van der Waals surface area contributed by atoms with Gasteiger partial charge in [-0.3, -0.25) is 9.79 Å². The lowest BCUT2D eigenvalue weighted by Gasteiger charge is -2.15. The van der Waals surface area contributed by atoms with Crippen molar-refractivity contribution >= 4 is 11.7 Å². The summed E-state index contributed by atoms with van der Waals surface area (Å²) in [6.07, 6.45) is 3.45. The zero-order valence-corrected chi connectivity index (χ0v) is 16.5. The van der Waals surface area contributed by atoms with Gasteiger partial charge < -0.3 is 14.6 Å². The number of carbonyl (C=O) groups is 1. The maximum atomic E-state index is 11.1. The first-order valence-electron chi connectivity index (χ1n) is 10.0. The first-order valence-corrected chi connectivity index (χ1v) is 10.0. The van der Waals surface area contributed by atoms with Crippen molar-refractivity contribution in [2.75, 3.05) is 13.2 Å². The van der Waals surface area contributed by atoms with Crippen molar-refractivity contribution in [3.05, 3.63) is 77.2 Å².